The molecule has 2 unspecified atom stereocenters. The molecule has 0 radical (unpaired) electrons. The Hall–Kier alpha value is 0.117. The van der Waals surface area contributed by atoms with Gasteiger partial charge >= 0.3 is 0 Å². The van der Waals surface area contributed by atoms with Crippen LogP contribution in [0.1, 0.15) is 142 Å². The molecule has 1 fully saturated rings. The number of thioether (sulfide) groups is 1. The van der Waals surface area contributed by atoms with Crippen molar-refractivity contribution in [2.75, 3.05) is 25.7 Å². The molecule has 0 spiro atoms. The van der Waals surface area contributed by atoms with Crippen molar-refractivity contribution in [2.24, 2.45) is 0 Å². The average Bonchev–Trinajstić information content (AvgIpc) is 2.87. The van der Waals surface area contributed by atoms with Gasteiger partial charge in [-0.2, -0.15) is 0 Å². The van der Waals surface area contributed by atoms with Crippen molar-refractivity contribution in [1.82, 2.24) is 4.98 Å². The molecule has 36 heavy (non-hydrogen) atoms. The number of hydrogen-bond acceptors (Lipinski definition) is 5. The summed E-state index contributed by atoms with van der Waals surface area (Å²) in [6, 6.07) is 2.68. The van der Waals surface area contributed by atoms with Crippen LogP contribution in [0.25, 0.3) is 0 Å². The SMILES string of the molecule is CCCCCCCCCCCCCCCOCOC1CCC[SiH](CCCSC(=O)CCCC)NCC1. The molecule has 0 bridgehead atoms. The molecule has 0 aromatic heterocycles. The van der Waals surface area contributed by atoms with Crippen molar-refractivity contribution < 1.29 is 14.3 Å². The molecular weight excluding hydrogens is 482 g/mol. The number of unbranched alkanes of at least 4 members (excludes halogenated alkanes) is 13. The first-order chi connectivity index (χ1) is 17.8. The van der Waals surface area contributed by atoms with Crippen LogP contribution in [0.5, 0.6) is 0 Å². The van der Waals surface area contributed by atoms with Gasteiger partial charge in [0.05, 0.1) is 6.10 Å². The highest BCUT2D eigenvalue weighted by molar-refractivity contribution is 8.13. The van der Waals surface area contributed by atoms with Crippen molar-refractivity contribution in [3.63, 3.8) is 0 Å². The minimum Gasteiger partial charge on any atom is -0.355 e. The smallest absolute Gasteiger partial charge is 0.188 e. The van der Waals surface area contributed by atoms with Crippen LogP contribution >= 0.6 is 11.8 Å². The van der Waals surface area contributed by atoms with Crippen LogP contribution in [0.15, 0.2) is 0 Å². The maximum atomic E-state index is 11.8. The second kappa shape index (κ2) is 26.7. The Morgan fingerprint density at radius 3 is 2.14 bits per heavy atom. The molecule has 2 atom stereocenters. The Bertz CT molecular complexity index is 473. The van der Waals surface area contributed by atoms with E-state index in [1.807, 2.05) is 0 Å². The highest BCUT2D eigenvalue weighted by Gasteiger charge is 2.18. The van der Waals surface area contributed by atoms with E-state index in [-0.39, 0.29) is 0 Å². The lowest BCUT2D eigenvalue weighted by atomic mass is 10.0. The number of rotatable bonds is 24. The summed E-state index contributed by atoms with van der Waals surface area (Å²) in [5.74, 6) is 1.01. The van der Waals surface area contributed by atoms with Gasteiger partial charge in [-0.15, -0.1) is 0 Å². The summed E-state index contributed by atoms with van der Waals surface area (Å²) in [5, 5.41) is 0.389. The summed E-state index contributed by atoms with van der Waals surface area (Å²) < 4.78 is 11.8. The Morgan fingerprint density at radius 2 is 1.47 bits per heavy atom. The van der Waals surface area contributed by atoms with Crippen LogP contribution in [0.3, 0.4) is 0 Å². The number of nitrogens with one attached hydrogen (secondary N) is 1. The zero-order chi connectivity index (χ0) is 25.9. The molecule has 1 saturated heterocycles. The summed E-state index contributed by atoms with van der Waals surface area (Å²) in [5.41, 5.74) is 0. The maximum absolute atomic E-state index is 11.8. The third kappa shape index (κ3) is 22.1. The standard InChI is InChI=1S/C30H61NO3SSi/c1-3-5-7-8-9-10-11-12-13-14-15-16-17-24-33-28-34-29-20-18-26-36(31-23-22-29)27-19-25-35-30(32)21-6-4-2/h29,31,36H,3-28H2,1-2H3. The number of ether oxygens (including phenoxy) is 2. The van der Waals surface area contributed by atoms with Gasteiger partial charge < -0.3 is 14.5 Å². The first-order valence-electron chi connectivity index (χ1n) is 15.8. The maximum Gasteiger partial charge on any atom is 0.188 e. The second-order valence-electron chi connectivity index (χ2n) is 10.9. The first-order valence-corrected chi connectivity index (χ1v) is 19.0. The van der Waals surface area contributed by atoms with E-state index >= 15 is 0 Å². The van der Waals surface area contributed by atoms with Crippen LogP contribution in [-0.2, 0) is 14.3 Å². The van der Waals surface area contributed by atoms with Crippen molar-refractivity contribution in [1.29, 1.82) is 0 Å². The monoisotopic (exact) mass is 543 g/mol. The molecule has 6 heteroatoms. The van der Waals surface area contributed by atoms with Gasteiger partial charge in [-0.1, -0.05) is 116 Å². The van der Waals surface area contributed by atoms with Crippen molar-refractivity contribution >= 4 is 25.8 Å². The number of hydrogen-bond donors (Lipinski definition) is 1. The zero-order valence-corrected chi connectivity index (χ0v) is 26.1. The van der Waals surface area contributed by atoms with Gasteiger partial charge in [0.2, 0.25) is 0 Å². The fraction of sp³-hybridized carbons (Fsp3) is 0.967. The van der Waals surface area contributed by atoms with Crippen LogP contribution in [0.2, 0.25) is 12.1 Å². The van der Waals surface area contributed by atoms with E-state index in [0.29, 0.717) is 18.0 Å². The molecule has 1 heterocycles. The van der Waals surface area contributed by atoms with Gasteiger partial charge in [0, 0.05) is 18.8 Å². The molecule has 0 saturated carbocycles. The fourth-order valence-corrected chi connectivity index (χ4v) is 8.85. The van der Waals surface area contributed by atoms with Gasteiger partial charge in [-0.25, -0.2) is 0 Å². The number of carbonyl (C=O) groups excluding carboxylic acids is 1. The van der Waals surface area contributed by atoms with Crippen molar-refractivity contribution in [3.8, 4) is 0 Å². The van der Waals surface area contributed by atoms with Crippen molar-refractivity contribution in [2.45, 2.75) is 160 Å². The predicted octanol–water partition coefficient (Wildman–Crippen LogP) is 8.77. The molecule has 1 N–H and O–H groups in total. The summed E-state index contributed by atoms with van der Waals surface area (Å²) in [6.45, 7) is 6.83. The first kappa shape index (κ1) is 34.1. The van der Waals surface area contributed by atoms with Crippen LogP contribution < -0.4 is 4.98 Å². The summed E-state index contributed by atoms with van der Waals surface area (Å²) in [6.07, 6.45) is 26.0. The average molecular weight is 544 g/mol. The Balaban J connectivity index is 1.85. The minimum atomic E-state index is -0.841. The van der Waals surface area contributed by atoms with Crippen LogP contribution in [0.4, 0.5) is 0 Å². The highest BCUT2D eigenvalue weighted by atomic mass is 32.2. The Kier molecular flexibility index (Phi) is 25.3. The van der Waals surface area contributed by atoms with E-state index in [1.165, 1.54) is 115 Å². The summed E-state index contributed by atoms with van der Waals surface area (Å²) in [7, 11) is -0.841. The van der Waals surface area contributed by atoms with E-state index in [4.69, 9.17) is 9.47 Å². The molecule has 1 rings (SSSR count). The van der Waals surface area contributed by atoms with Crippen molar-refractivity contribution in [3.05, 3.63) is 0 Å². The summed E-state index contributed by atoms with van der Waals surface area (Å²) in [4.78, 5) is 15.6. The van der Waals surface area contributed by atoms with Gasteiger partial charge in [0.15, 0.2) is 5.12 Å². The topological polar surface area (TPSA) is 47.6 Å². The molecule has 0 aliphatic carbocycles. The minimum absolute atomic E-state index is 0.353. The van der Waals surface area contributed by atoms with E-state index in [2.05, 4.69) is 18.8 Å². The lowest BCUT2D eigenvalue weighted by molar-refractivity contribution is -0.111. The molecule has 4 nitrogen and oxygen atoms in total. The van der Waals surface area contributed by atoms with E-state index < -0.39 is 8.96 Å². The lowest BCUT2D eigenvalue weighted by Crippen LogP contribution is -2.38. The predicted molar refractivity (Wildman–Crippen MR) is 162 cm³/mol. The third-order valence-electron chi connectivity index (χ3n) is 7.45. The number of carbonyl (C=O) groups is 1. The lowest BCUT2D eigenvalue weighted by Gasteiger charge is -2.25. The van der Waals surface area contributed by atoms with Gasteiger partial charge in [0.1, 0.15) is 15.8 Å². The normalized spacial score (nSPS) is 18.7. The largest absolute Gasteiger partial charge is 0.355 e. The Morgan fingerprint density at radius 1 is 0.833 bits per heavy atom. The molecule has 0 aromatic carbocycles. The second-order valence-corrected chi connectivity index (χ2v) is 15.0. The van der Waals surface area contributed by atoms with E-state index in [1.54, 1.807) is 11.8 Å². The molecule has 1 aliphatic rings. The highest BCUT2D eigenvalue weighted by Crippen LogP contribution is 2.18. The third-order valence-corrected chi connectivity index (χ3v) is 11.5. The van der Waals surface area contributed by atoms with Gasteiger partial charge in [0.25, 0.3) is 0 Å². The molecule has 0 aromatic rings. The quantitative estimate of drug-likeness (QED) is 0.0749. The molecule has 0 amide bonds. The zero-order valence-electron chi connectivity index (χ0n) is 24.2. The Labute approximate surface area is 230 Å². The summed E-state index contributed by atoms with van der Waals surface area (Å²) >= 11 is 1.56. The van der Waals surface area contributed by atoms with Gasteiger partial charge in [-0.3, -0.25) is 4.79 Å². The van der Waals surface area contributed by atoms with E-state index in [9.17, 15) is 4.79 Å². The molecule has 214 valence electrons. The molecular formula is C30H61NO3SSi. The van der Waals surface area contributed by atoms with Gasteiger partial charge in [-0.05, 0) is 50.7 Å². The fourth-order valence-electron chi connectivity index (χ4n) is 5.03. The van der Waals surface area contributed by atoms with Crippen LogP contribution in [-0.4, -0.2) is 45.9 Å². The van der Waals surface area contributed by atoms with Crippen LogP contribution in [0, 0.1) is 0 Å². The molecule has 1 aliphatic heterocycles. The van der Waals surface area contributed by atoms with E-state index in [0.717, 1.165) is 44.6 Å².